The molecule has 4 heteroatoms. The monoisotopic (exact) mass is 237 g/mol. The van der Waals surface area contributed by atoms with Crippen molar-refractivity contribution in [3.63, 3.8) is 0 Å². The highest BCUT2D eigenvalue weighted by Crippen LogP contribution is 2.04. The zero-order valence-corrected chi connectivity index (χ0v) is 11.2. The number of rotatable bonds is 7. The largest absolute Gasteiger partial charge is 0.380 e. The highest BCUT2D eigenvalue weighted by Gasteiger charge is 2.12. The molecule has 1 atom stereocenters. The van der Waals surface area contributed by atoms with E-state index < -0.39 is 0 Å². The normalized spacial score (nSPS) is 13.0. The van der Waals surface area contributed by atoms with Crippen molar-refractivity contribution in [3.8, 4) is 0 Å². The van der Waals surface area contributed by atoms with Crippen molar-refractivity contribution < 1.29 is 4.74 Å². The molecule has 1 heterocycles. The minimum atomic E-state index is 0.366. The lowest BCUT2D eigenvalue weighted by molar-refractivity contribution is 0.107. The maximum Gasteiger partial charge on any atom is 0.125 e. The molecule has 1 aromatic rings. The van der Waals surface area contributed by atoms with Gasteiger partial charge in [-0.05, 0) is 25.8 Å². The predicted molar refractivity (Wildman–Crippen MR) is 68.7 cm³/mol. The molecule has 0 amide bonds. The summed E-state index contributed by atoms with van der Waals surface area (Å²) in [6.45, 7) is 10.6. The maximum absolute atomic E-state index is 5.47. The molecular formula is C13H23N3O. The standard InChI is InChI=1S/C13H23N3O/c1-5-17-9-13(10(2)3)15-8-12-6-7-14-11(4)16-12/h6-7,10,13,15H,5,8-9H2,1-4H3. The van der Waals surface area contributed by atoms with Gasteiger partial charge >= 0.3 is 0 Å². The van der Waals surface area contributed by atoms with E-state index in [0.29, 0.717) is 12.0 Å². The molecule has 0 aromatic carbocycles. The molecule has 1 N–H and O–H groups in total. The van der Waals surface area contributed by atoms with Crippen molar-refractivity contribution >= 4 is 0 Å². The van der Waals surface area contributed by atoms with Gasteiger partial charge in [-0.15, -0.1) is 0 Å². The number of hydrogen-bond donors (Lipinski definition) is 1. The number of nitrogens with one attached hydrogen (secondary N) is 1. The van der Waals surface area contributed by atoms with Crippen molar-refractivity contribution in [1.29, 1.82) is 0 Å². The van der Waals surface area contributed by atoms with E-state index >= 15 is 0 Å². The van der Waals surface area contributed by atoms with Crippen molar-refractivity contribution in [2.75, 3.05) is 13.2 Å². The van der Waals surface area contributed by atoms with Gasteiger partial charge in [0.1, 0.15) is 5.82 Å². The van der Waals surface area contributed by atoms with Gasteiger partial charge in [-0.25, -0.2) is 9.97 Å². The van der Waals surface area contributed by atoms with Gasteiger partial charge in [0.05, 0.1) is 12.3 Å². The van der Waals surface area contributed by atoms with Crippen LogP contribution in [0.1, 0.15) is 32.3 Å². The minimum Gasteiger partial charge on any atom is -0.380 e. The third kappa shape index (κ3) is 5.24. The van der Waals surface area contributed by atoms with Gasteiger partial charge in [-0.3, -0.25) is 0 Å². The van der Waals surface area contributed by atoms with Crippen LogP contribution in [0.4, 0.5) is 0 Å². The van der Waals surface area contributed by atoms with E-state index in [1.807, 2.05) is 19.9 Å². The van der Waals surface area contributed by atoms with Gasteiger partial charge in [-0.2, -0.15) is 0 Å². The van der Waals surface area contributed by atoms with Crippen LogP contribution in [0.5, 0.6) is 0 Å². The van der Waals surface area contributed by atoms with E-state index in [9.17, 15) is 0 Å². The first kappa shape index (κ1) is 14.1. The van der Waals surface area contributed by atoms with Crippen LogP contribution < -0.4 is 5.32 Å². The summed E-state index contributed by atoms with van der Waals surface area (Å²) in [6, 6.07) is 2.31. The highest BCUT2D eigenvalue weighted by molar-refractivity contribution is 5.01. The second-order valence-electron chi connectivity index (χ2n) is 4.49. The van der Waals surface area contributed by atoms with Crippen LogP contribution in [-0.2, 0) is 11.3 Å². The van der Waals surface area contributed by atoms with E-state index in [-0.39, 0.29) is 0 Å². The van der Waals surface area contributed by atoms with E-state index in [1.165, 1.54) is 0 Å². The lowest BCUT2D eigenvalue weighted by Gasteiger charge is -2.22. The third-order valence-electron chi connectivity index (χ3n) is 2.69. The van der Waals surface area contributed by atoms with Crippen LogP contribution in [0.2, 0.25) is 0 Å². The molecule has 0 bridgehead atoms. The zero-order chi connectivity index (χ0) is 12.7. The van der Waals surface area contributed by atoms with Crippen molar-refractivity contribution in [1.82, 2.24) is 15.3 Å². The van der Waals surface area contributed by atoms with Gasteiger partial charge in [0, 0.05) is 25.4 Å². The fourth-order valence-corrected chi connectivity index (χ4v) is 1.57. The number of ether oxygens (including phenoxy) is 1. The number of aryl methyl sites for hydroxylation is 1. The summed E-state index contributed by atoms with van der Waals surface area (Å²) >= 11 is 0. The molecule has 0 saturated heterocycles. The second kappa shape index (κ2) is 7.35. The van der Waals surface area contributed by atoms with Crippen LogP contribution in [-0.4, -0.2) is 29.2 Å². The predicted octanol–water partition coefficient (Wildman–Crippen LogP) is 1.94. The Morgan fingerprint density at radius 2 is 2.18 bits per heavy atom. The Bertz CT molecular complexity index is 328. The van der Waals surface area contributed by atoms with Crippen LogP contribution in [0.3, 0.4) is 0 Å². The summed E-state index contributed by atoms with van der Waals surface area (Å²) in [7, 11) is 0. The molecule has 1 unspecified atom stereocenters. The van der Waals surface area contributed by atoms with Gasteiger partial charge < -0.3 is 10.1 Å². The molecule has 0 spiro atoms. The first-order valence-electron chi connectivity index (χ1n) is 6.23. The Balaban J connectivity index is 2.45. The summed E-state index contributed by atoms with van der Waals surface area (Å²) < 4.78 is 5.47. The van der Waals surface area contributed by atoms with Crippen LogP contribution in [0.15, 0.2) is 12.3 Å². The fourth-order valence-electron chi connectivity index (χ4n) is 1.57. The Hall–Kier alpha value is -1.00. The number of aromatic nitrogens is 2. The Morgan fingerprint density at radius 3 is 2.76 bits per heavy atom. The maximum atomic E-state index is 5.47. The van der Waals surface area contributed by atoms with Crippen molar-refractivity contribution in [2.24, 2.45) is 5.92 Å². The Labute approximate surface area is 104 Å². The van der Waals surface area contributed by atoms with E-state index in [1.54, 1.807) is 6.20 Å². The Morgan fingerprint density at radius 1 is 1.41 bits per heavy atom. The van der Waals surface area contributed by atoms with Crippen LogP contribution in [0.25, 0.3) is 0 Å². The molecule has 17 heavy (non-hydrogen) atoms. The summed E-state index contributed by atoms with van der Waals surface area (Å²) in [5.41, 5.74) is 1.03. The molecule has 0 saturated carbocycles. The molecule has 4 nitrogen and oxygen atoms in total. The average Bonchev–Trinajstić information content (AvgIpc) is 2.28. The summed E-state index contributed by atoms with van der Waals surface area (Å²) in [5, 5.41) is 3.48. The summed E-state index contributed by atoms with van der Waals surface area (Å²) in [5.74, 6) is 1.36. The fraction of sp³-hybridized carbons (Fsp3) is 0.692. The van der Waals surface area contributed by atoms with Gasteiger partial charge in [-0.1, -0.05) is 13.8 Å². The van der Waals surface area contributed by atoms with Gasteiger partial charge in [0.15, 0.2) is 0 Å². The first-order chi connectivity index (χ1) is 8.13. The molecule has 1 aromatic heterocycles. The summed E-state index contributed by atoms with van der Waals surface area (Å²) in [6.07, 6.45) is 1.80. The lowest BCUT2D eigenvalue weighted by atomic mass is 10.1. The SMILES string of the molecule is CCOCC(NCc1ccnc(C)n1)C(C)C. The second-order valence-corrected chi connectivity index (χ2v) is 4.49. The molecule has 0 aliphatic carbocycles. The molecule has 0 aliphatic rings. The van der Waals surface area contributed by atoms with Crippen molar-refractivity contribution in [2.45, 2.75) is 40.3 Å². The average molecular weight is 237 g/mol. The van der Waals surface area contributed by atoms with Crippen LogP contribution >= 0.6 is 0 Å². The third-order valence-corrected chi connectivity index (χ3v) is 2.69. The van der Waals surface area contributed by atoms with E-state index in [0.717, 1.165) is 31.3 Å². The van der Waals surface area contributed by atoms with Gasteiger partial charge in [0.2, 0.25) is 0 Å². The van der Waals surface area contributed by atoms with Crippen LogP contribution in [0, 0.1) is 12.8 Å². The zero-order valence-electron chi connectivity index (χ0n) is 11.2. The Kier molecular flexibility index (Phi) is 6.08. The molecular weight excluding hydrogens is 214 g/mol. The van der Waals surface area contributed by atoms with E-state index in [4.69, 9.17) is 4.74 Å². The van der Waals surface area contributed by atoms with Crippen molar-refractivity contribution in [3.05, 3.63) is 23.8 Å². The van der Waals surface area contributed by atoms with Gasteiger partial charge in [0.25, 0.3) is 0 Å². The topological polar surface area (TPSA) is 47.0 Å². The lowest BCUT2D eigenvalue weighted by Crippen LogP contribution is -2.37. The molecule has 0 aliphatic heterocycles. The quantitative estimate of drug-likeness (QED) is 0.787. The highest BCUT2D eigenvalue weighted by atomic mass is 16.5. The molecule has 0 fully saturated rings. The summed E-state index contributed by atoms with van der Waals surface area (Å²) in [4.78, 5) is 8.46. The number of nitrogens with zero attached hydrogens (tertiary/aromatic N) is 2. The smallest absolute Gasteiger partial charge is 0.125 e. The molecule has 1 rings (SSSR count). The van der Waals surface area contributed by atoms with E-state index in [2.05, 4.69) is 29.1 Å². The molecule has 96 valence electrons. The number of hydrogen-bond acceptors (Lipinski definition) is 4. The minimum absolute atomic E-state index is 0.366. The first-order valence-corrected chi connectivity index (χ1v) is 6.23. The molecule has 0 radical (unpaired) electrons.